The van der Waals surface area contributed by atoms with E-state index in [0.717, 1.165) is 24.8 Å². The van der Waals surface area contributed by atoms with Crippen LogP contribution in [0.4, 0.5) is 10.1 Å². The fourth-order valence-electron chi connectivity index (χ4n) is 4.21. The molecule has 35 heavy (non-hydrogen) atoms. The van der Waals surface area contributed by atoms with Gasteiger partial charge >= 0.3 is 0 Å². The smallest absolute Gasteiger partial charge is 0.278 e. The van der Waals surface area contributed by atoms with Crippen molar-refractivity contribution in [3.63, 3.8) is 0 Å². The normalized spacial score (nSPS) is 15.7. The number of halogens is 1. The highest BCUT2D eigenvalue weighted by Gasteiger charge is 2.23. The number of aryl methyl sites for hydroxylation is 1. The van der Waals surface area contributed by atoms with Gasteiger partial charge < -0.3 is 16.0 Å². The number of likely N-dealkylation sites (N-methyl/N-ethyl adjacent to an activating group) is 1. The van der Waals surface area contributed by atoms with Gasteiger partial charge in [-0.2, -0.15) is 0 Å². The molecule has 2 atom stereocenters. The number of hydrogen-bond acceptors (Lipinski definition) is 5. The Morgan fingerprint density at radius 3 is 2.66 bits per heavy atom. The van der Waals surface area contributed by atoms with Crippen molar-refractivity contribution in [2.45, 2.75) is 44.8 Å². The Hall–Kier alpha value is -3.85. The molecule has 3 N–H and O–H groups in total. The molecule has 0 saturated heterocycles. The van der Waals surface area contributed by atoms with Crippen LogP contribution in [0.2, 0.25) is 0 Å². The SMILES string of the molecule is CNC(C)C(=O)Nc1cnc(-c2ccc(F)cc2)n(CC(=O)N[C@@H]2CCCc3ccccc32)c1=O. The lowest BCUT2D eigenvalue weighted by molar-refractivity contribution is -0.122. The summed E-state index contributed by atoms with van der Waals surface area (Å²) < 4.78 is 14.7. The van der Waals surface area contributed by atoms with Crippen LogP contribution in [0.1, 0.15) is 36.9 Å². The zero-order valence-corrected chi connectivity index (χ0v) is 19.7. The number of amides is 2. The third-order valence-corrected chi connectivity index (χ3v) is 6.24. The number of benzene rings is 2. The van der Waals surface area contributed by atoms with Crippen LogP contribution in [0, 0.1) is 5.82 Å². The van der Waals surface area contributed by atoms with Crippen molar-refractivity contribution >= 4 is 17.5 Å². The molecule has 2 amide bonds. The molecule has 0 saturated carbocycles. The van der Waals surface area contributed by atoms with Crippen LogP contribution in [0.3, 0.4) is 0 Å². The number of nitrogens with one attached hydrogen (secondary N) is 3. The van der Waals surface area contributed by atoms with Crippen molar-refractivity contribution in [2.24, 2.45) is 0 Å². The number of hydrogen-bond donors (Lipinski definition) is 3. The first-order valence-corrected chi connectivity index (χ1v) is 11.6. The van der Waals surface area contributed by atoms with Crippen molar-refractivity contribution < 1.29 is 14.0 Å². The summed E-state index contributed by atoms with van der Waals surface area (Å²) in [5, 5.41) is 8.42. The van der Waals surface area contributed by atoms with Gasteiger partial charge in [0.05, 0.1) is 18.3 Å². The van der Waals surface area contributed by atoms with Gasteiger partial charge in [0.2, 0.25) is 11.8 Å². The summed E-state index contributed by atoms with van der Waals surface area (Å²) in [6.07, 6.45) is 3.98. The Kier molecular flexibility index (Phi) is 7.36. The van der Waals surface area contributed by atoms with Gasteiger partial charge in [-0.25, -0.2) is 9.37 Å². The highest BCUT2D eigenvalue weighted by Crippen LogP contribution is 2.29. The molecule has 1 unspecified atom stereocenters. The third-order valence-electron chi connectivity index (χ3n) is 6.24. The van der Waals surface area contributed by atoms with E-state index in [2.05, 4.69) is 27.0 Å². The number of rotatable bonds is 7. The summed E-state index contributed by atoms with van der Waals surface area (Å²) >= 11 is 0. The van der Waals surface area contributed by atoms with Gasteiger partial charge in [-0.05, 0) is 68.6 Å². The molecule has 0 aliphatic heterocycles. The van der Waals surface area contributed by atoms with Crippen LogP contribution >= 0.6 is 0 Å². The molecular weight excluding hydrogens is 449 g/mol. The third kappa shape index (κ3) is 5.46. The molecule has 1 aromatic heterocycles. The Bertz CT molecular complexity index is 1290. The van der Waals surface area contributed by atoms with E-state index in [9.17, 15) is 18.8 Å². The zero-order chi connectivity index (χ0) is 24.9. The second kappa shape index (κ2) is 10.6. The molecule has 0 bridgehead atoms. The maximum absolute atomic E-state index is 13.5. The Morgan fingerprint density at radius 2 is 1.91 bits per heavy atom. The summed E-state index contributed by atoms with van der Waals surface area (Å²) in [5.74, 6) is -0.989. The van der Waals surface area contributed by atoms with Crippen LogP contribution in [0.15, 0.2) is 59.5 Å². The van der Waals surface area contributed by atoms with Crippen molar-refractivity contribution in [3.05, 3.63) is 82.0 Å². The topological polar surface area (TPSA) is 105 Å². The van der Waals surface area contributed by atoms with E-state index in [1.807, 2.05) is 18.2 Å². The first kappa shape index (κ1) is 24.3. The molecule has 8 nitrogen and oxygen atoms in total. The highest BCUT2D eigenvalue weighted by atomic mass is 19.1. The van der Waals surface area contributed by atoms with Crippen LogP contribution in [0.25, 0.3) is 11.4 Å². The molecular formula is C26H28FN5O3. The maximum atomic E-state index is 13.5. The minimum absolute atomic E-state index is 0.0428. The second-order valence-corrected chi connectivity index (χ2v) is 8.60. The predicted octanol–water partition coefficient (Wildman–Crippen LogP) is 2.79. The quantitative estimate of drug-likeness (QED) is 0.485. The summed E-state index contributed by atoms with van der Waals surface area (Å²) in [6.45, 7) is 1.35. The lowest BCUT2D eigenvalue weighted by atomic mass is 9.88. The Balaban J connectivity index is 1.65. The van der Waals surface area contributed by atoms with Gasteiger partial charge in [0.25, 0.3) is 5.56 Å². The number of carbonyl (C=O) groups is 2. The van der Waals surface area contributed by atoms with Crippen molar-refractivity contribution in [1.29, 1.82) is 0 Å². The van der Waals surface area contributed by atoms with Gasteiger partial charge in [-0.15, -0.1) is 0 Å². The first-order valence-electron chi connectivity index (χ1n) is 11.6. The van der Waals surface area contributed by atoms with E-state index >= 15 is 0 Å². The molecule has 182 valence electrons. The minimum Gasteiger partial charge on any atom is -0.348 e. The molecule has 4 rings (SSSR count). The van der Waals surface area contributed by atoms with E-state index in [0.29, 0.717) is 5.56 Å². The summed E-state index contributed by atoms with van der Waals surface area (Å²) in [7, 11) is 1.63. The fourth-order valence-corrected chi connectivity index (χ4v) is 4.21. The lowest BCUT2D eigenvalue weighted by Crippen LogP contribution is -2.40. The molecule has 3 aromatic rings. The van der Waals surface area contributed by atoms with E-state index < -0.39 is 23.3 Å². The first-order chi connectivity index (χ1) is 16.9. The molecule has 1 aliphatic rings. The van der Waals surface area contributed by atoms with Crippen LogP contribution in [-0.4, -0.2) is 34.5 Å². The second-order valence-electron chi connectivity index (χ2n) is 8.60. The van der Waals surface area contributed by atoms with Gasteiger partial charge in [0.1, 0.15) is 23.9 Å². The zero-order valence-electron chi connectivity index (χ0n) is 19.7. The Labute approximate surface area is 202 Å². The number of nitrogens with zero attached hydrogens (tertiary/aromatic N) is 2. The molecule has 2 aromatic carbocycles. The monoisotopic (exact) mass is 477 g/mol. The Morgan fingerprint density at radius 1 is 1.17 bits per heavy atom. The van der Waals surface area contributed by atoms with Crippen molar-refractivity contribution in [2.75, 3.05) is 12.4 Å². The predicted molar refractivity (Wildman–Crippen MR) is 131 cm³/mol. The van der Waals surface area contributed by atoms with Crippen molar-refractivity contribution in [3.8, 4) is 11.4 Å². The average molecular weight is 478 g/mol. The number of fused-ring (bicyclic) bond motifs is 1. The van der Waals surface area contributed by atoms with E-state index in [1.165, 1.54) is 40.6 Å². The highest BCUT2D eigenvalue weighted by molar-refractivity contribution is 5.94. The molecule has 1 heterocycles. The molecule has 0 spiro atoms. The number of aromatic nitrogens is 2. The number of carbonyl (C=O) groups excluding carboxylic acids is 2. The van der Waals surface area contributed by atoms with E-state index in [4.69, 9.17) is 0 Å². The fraction of sp³-hybridized carbons (Fsp3) is 0.308. The van der Waals surface area contributed by atoms with Crippen LogP contribution in [-0.2, 0) is 22.6 Å². The number of anilines is 1. The summed E-state index contributed by atoms with van der Waals surface area (Å²) in [5.41, 5.74) is 2.14. The molecule has 0 radical (unpaired) electrons. The van der Waals surface area contributed by atoms with E-state index in [1.54, 1.807) is 14.0 Å². The molecule has 1 aliphatic carbocycles. The van der Waals surface area contributed by atoms with Gasteiger partial charge in [0, 0.05) is 5.56 Å². The van der Waals surface area contributed by atoms with Crippen LogP contribution in [0.5, 0.6) is 0 Å². The standard InChI is InChI=1S/C26H28FN5O3/c1-16(28-2)25(34)31-22-14-29-24(18-10-12-19(27)13-11-18)32(26(22)35)15-23(33)30-21-9-5-7-17-6-3-4-8-20(17)21/h3-4,6,8,10-14,16,21,28H,5,7,9,15H2,1-2H3,(H,30,33)(H,31,34)/t16?,21-/m1/s1. The minimum atomic E-state index is -0.574. The maximum Gasteiger partial charge on any atom is 0.278 e. The summed E-state index contributed by atoms with van der Waals surface area (Å²) in [6, 6.07) is 12.8. The molecule has 9 heteroatoms. The largest absolute Gasteiger partial charge is 0.348 e. The van der Waals surface area contributed by atoms with E-state index in [-0.39, 0.29) is 30.0 Å². The molecule has 0 fully saturated rings. The average Bonchev–Trinajstić information content (AvgIpc) is 2.87. The lowest BCUT2D eigenvalue weighted by Gasteiger charge is -2.26. The van der Waals surface area contributed by atoms with Gasteiger partial charge in [-0.3, -0.25) is 19.0 Å². The van der Waals surface area contributed by atoms with Gasteiger partial charge in [0.15, 0.2) is 0 Å². The van der Waals surface area contributed by atoms with Crippen molar-refractivity contribution in [1.82, 2.24) is 20.2 Å². The van der Waals surface area contributed by atoms with Crippen LogP contribution < -0.4 is 21.5 Å². The van der Waals surface area contributed by atoms with Gasteiger partial charge in [-0.1, -0.05) is 24.3 Å². The summed E-state index contributed by atoms with van der Waals surface area (Å²) in [4.78, 5) is 43.1.